The molecule has 0 bridgehead atoms. The SMILES string of the molecule is CC(NC(=O)C(CCCCN)NC(=O)C(N)CCCN=C(N)N)C(=O)NC(C(=O)O)C(C)C. The third kappa shape index (κ3) is 12.6. The van der Waals surface area contributed by atoms with Crippen molar-refractivity contribution in [2.24, 2.45) is 33.8 Å². The summed E-state index contributed by atoms with van der Waals surface area (Å²) in [6, 6.07) is -3.90. The van der Waals surface area contributed by atoms with Crippen molar-refractivity contribution in [1.82, 2.24) is 16.0 Å². The summed E-state index contributed by atoms with van der Waals surface area (Å²) >= 11 is 0. The van der Waals surface area contributed by atoms with Crippen LogP contribution in [-0.4, -0.2) is 72.0 Å². The molecular formula is C20H40N8O5. The minimum absolute atomic E-state index is 0.0501. The van der Waals surface area contributed by atoms with E-state index in [1.54, 1.807) is 13.8 Å². The molecule has 0 aromatic carbocycles. The van der Waals surface area contributed by atoms with Crippen LogP contribution >= 0.6 is 0 Å². The van der Waals surface area contributed by atoms with Gasteiger partial charge in [0.2, 0.25) is 17.7 Å². The molecule has 0 aliphatic rings. The monoisotopic (exact) mass is 472 g/mol. The van der Waals surface area contributed by atoms with Crippen LogP contribution in [0.3, 0.4) is 0 Å². The number of carbonyl (C=O) groups is 4. The second kappa shape index (κ2) is 15.8. The van der Waals surface area contributed by atoms with Gasteiger partial charge in [-0.15, -0.1) is 0 Å². The molecule has 13 nitrogen and oxygen atoms in total. The van der Waals surface area contributed by atoms with Crippen molar-refractivity contribution in [2.75, 3.05) is 13.1 Å². The first-order valence-electron chi connectivity index (χ1n) is 11.1. The number of unbranched alkanes of at least 4 members (excludes halogenated alkanes) is 1. The first-order valence-corrected chi connectivity index (χ1v) is 11.1. The largest absolute Gasteiger partial charge is 0.480 e. The maximum Gasteiger partial charge on any atom is 0.326 e. The molecule has 33 heavy (non-hydrogen) atoms. The Morgan fingerprint density at radius 1 is 0.879 bits per heavy atom. The quantitative estimate of drug-likeness (QED) is 0.0683. The molecule has 0 saturated heterocycles. The molecule has 0 saturated carbocycles. The highest BCUT2D eigenvalue weighted by molar-refractivity contribution is 5.93. The highest BCUT2D eigenvalue weighted by Gasteiger charge is 2.29. The van der Waals surface area contributed by atoms with Crippen molar-refractivity contribution >= 4 is 29.7 Å². The number of hydrogen-bond acceptors (Lipinski definition) is 7. The van der Waals surface area contributed by atoms with E-state index < -0.39 is 47.9 Å². The van der Waals surface area contributed by atoms with Crippen molar-refractivity contribution in [2.45, 2.75) is 77.0 Å². The summed E-state index contributed by atoms with van der Waals surface area (Å²) in [4.78, 5) is 52.7. The smallest absolute Gasteiger partial charge is 0.326 e. The van der Waals surface area contributed by atoms with Crippen molar-refractivity contribution in [3.8, 4) is 0 Å². The maximum absolute atomic E-state index is 12.8. The molecule has 0 aliphatic carbocycles. The number of nitrogens with two attached hydrogens (primary N) is 4. The first-order chi connectivity index (χ1) is 15.4. The summed E-state index contributed by atoms with van der Waals surface area (Å²) in [6.45, 7) is 5.50. The number of nitrogens with one attached hydrogen (secondary N) is 3. The van der Waals surface area contributed by atoms with E-state index in [1.165, 1.54) is 6.92 Å². The summed E-state index contributed by atoms with van der Waals surface area (Å²) in [7, 11) is 0. The molecule has 0 spiro atoms. The number of aliphatic carboxylic acids is 1. The Balaban J connectivity index is 5.01. The lowest BCUT2D eigenvalue weighted by atomic mass is 10.0. The fraction of sp³-hybridized carbons (Fsp3) is 0.750. The molecule has 4 unspecified atom stereocenters. The van der Waals surface area contributed by atoms with Gasteiger partial charge in [0, 0.05) is 6.54 Å². The fourth-order valence-electron chi connectivity index (χ4n) is 2.86. The highest BCUT2D eigenvalue weighted by atomic mass is 16.4. The van der Waals surface area contributed by atoms with Gasteiger partial charge in [-0.05, 0) is 51.5 Å². The average molecular weight is 473 g/mol. The lowest BCUT2D eigenvalue weighted by Crippen LogP contribution is -2.56. The molecule has 0 radical (unpaired) electrons. The van der Waals surface area contributed by atoms with E-state index in [9.17, 15) is 24.3 Å². The second-order valence-corrected chi connectivity index (χ2v) is 8.20. The van der Waals surface area contributed by atoms with E-state index in [2.05, 4.69) is 20.9 Å². The van der Waals surface area contributed by atoms with Gasteiger partial charge in [-0.2, -0.15) is 0 Å². The Bertz CT molecular complexity index is 681. The Labute approximate surface area is 194 Å². The zero-order chi connectivity index (χ0) is 25.6. The maximum atomic E-state index is 12.8. The van der Waals surface area contributed by atoms with Gasteiger partial charge in [-0.3, -0.25) is 19.4 Å². The number of amides is 3. The molecule has 12 N–H and O–H groups in total. The first kappa shape index (κ1) is 30.1. The number of guanidine groups is 1. The third-order valence-electron chi connectivity index (χ3n) is 4.87. The number of carboxylic acid groups (broad SMARTS) is 1. The topological polar surface area (TPSA) is 241 Å². The van der Waals surface area contributed by atoms with Crippen LogP contribution in [0.15, 0.2) is 4.99 Å². The molecule has 3 amide bonds. The normalized spacial score (nSPS) is 14.5. The van der Waals surface area contributed by atoms with Crippen LogP contribution in [0.4, 0.5) is 0 Å². The number of rotatable bonds is 16. The number of hydrogen-bond donors (Lipinski definition) is 8. The minimum Gasteiger partial charge on any atom is -0.480 e. The van der Waals surface area contributed by atoms with Crippen LogP contribution in [0.25, 0.3) is 0 Å². The molecule has 0 aromatic heterocycles. The molecule has 0 aromatic rings. The summed E-state index contributed by atoms with van der Waals surface area (Å²) in [5, 5.41) is 16.8. The van der Waals surface area contributed by atoms with Gasteiger partial charge in [-0.1, -0.05) is 13.8 Å². The molecule has 0 heterocycles. The molecule has 13 heteroatoms. The zero-order valence-corrected chi connectivity index (χ0v) is 19.7. The van der Waals surface area contributed by atoms with Gasteiger partial charge in [0.05, 0.1) is 6.04 Å². The van der Waals surface area contributed by atoms with Gasteiger partial charge in [0.1, 0.15) is 18.1 Å². The number of nitrogens with zero attached hydrogens (tertiary/aromatic N) is 1. The Kier molecular flexibility index (Phi) is 14.4. The standard InChI is InChI=1S/C20H40N8O5/c1-11(2)15(19(32)33)28-16(29)12(3)26-18(31)14(8-4-5-9-21)27-17(30)13(22)7-6-10-25-20(23)24/h11-15H,4-10,21-22H2,1-3H3,(H,26,31)(H,27,30)(H,28,29)(H,32,33)(H4,23,24,25). The van der Waals surface area contributed by atoms with Crippen molar-refractivity contribution in [1.29, 1.82) is 0 Å². The van der Waals surface area contributed by atoms with Gasteiger partial charge < -0.3 is 44.0 Å². The van der Waals surface area contributed by atoms with E-state index in [0.717, 1.165) is 0 Å². The van der Waals surface area contributed by atoms with Gasteiger partial charge in [-0.25, -0.2) is 4.79 Å². The van der Waals surface area contributed by atoms with Crippen molar-refractivity contribution in [3.63, 3.8) is 0 Å². The van der Waals surface area contributed by atoms with E-state index >= 15 is 0 Å². The van der Waals surface area contributed by atoms with Gasteiger partial charge >= 0.3 is 5.97 Å². The van der Waals surface area contributed by atoms with Crippen molar-refractivity contribution in [3.05, 3.63) is 0 Å². The highest BCUT2D eigenvalue weighted by Crippen LogP contribution is 2.05. The van der Waals surface area contributed by atoms with E-state index in [1.807, 2.05) is 0 Å². The third-order valence-corrected chi connectivity index (χ3v) is 4.87. The van der Waals surface area contributed by atoms with Crippen LogP contribution in [0.5, 0.6) is 0 Å². The number of carboxylic acids is 1. The fourth-order valence-corrected chi connectivity index (χ4v) is 2.86. The number of carbonyl (C=O) groups excluding carboxylic acids is 3. The van der Waals surface area contributed by atoms with E-state index in [-0.39, 0.29) is 11.9 Å². The summed E-state index contributed by atoms with van der Waals surface area (Å²) in [6.07, 6.45) is 2.31. The van der Waals surface area contributed by atoms with Crippen molar-refractivity contribution < 1.29 is 24.3 Å². The predicted octanol–water partition coefficient (Wildman–Crippen LogP) is -2.29. The number of aliphatic imine (C=N–C) groups is 1. The van der Waals surface area contributed by atoms with Crippen LogP contribution in [0, 0.1) is 5.92 Å². The summed E-state index contributed by atoms with van der Waals surface area (Å²) < 4.78 is 0. The van der Waals surface area contributed by atoms with Crippen LogP contribution in [-0.2, 0) is 19.2 Å². The van der Waals surface area contributed by atoms with E-state index in [0.29, 0.717) is 45.2 Å². The van der Waals surface area contributed by atoms with Crippen LogP contribution in [0.2, 0.25) is 0 Å². The Morgan fingerprint density at radius 3 is 2.03 bits per heavy atom. The molecule has 190 valence electrons. The lowest BCUT2D eigenvalue weighted by Gasteiger charge is -2.24. The molecule has 4 atom stereocenters. The van der Waals surface area contributed by atoms with Gasteiger partial charge in [0.15, 0.2) is 5.96 Å². The Hall–Kier alpha value is -2.93. The van der Waals surface area contributed by atoms with Crippen LogP contribution in [0.1, 0.15) is 52.9 Å². The predicted molar refractivity (Wildman–Crippen MR) is 125 cm³/mol. The summed E-state index contributed by atoms with van der Waals surface area (Å²) in [5.41, 5.74) is 21.9. The zero-order valence-electron chi connectivity index (χ0n) is 19.7. The minimum atomic E-state index is -1.17. The lowest BCUT2D eigenvalue weighted by molar-refractivity contribution is -0.143. The molecule has 0 fully saturated rings. The van der Waals surface area contributed by atoms with Crippen LogP contribution < -0.4 is 38.9 Å². The average Bonchev–Trinajstić information content (AvgIpc) is 2.73. The molecular weight excluding hydrogens is 432 g/mol. The molecule has 0 aliphatic heterocycles. The summed E-state index contributed by atoms with van der Waals surface area (Å²) in [5.74, 6) is -3.30. The van der Waals surface area contributed by atoms with Gasteiger partial charge in [0.25, 0.3) is 0 Å². The molecule has 0 rings (SSSR count). The Morgan fingerprint density at radius 2 is 1.52 bits per heavy atom. The van der Waals surface area contributed by atoms with E-state index in [4.69, 9.17) is 22.9 Å². The second-order valence-electron chi connectivity index (χ2n) is 8.20.